The zero-order valence-corrected chi connectivity index (χ0v) is 26.9. The molecule has 0 amide bonds. The molecule has 172 valence electrons. The van der Waals surface area contributed by atoms with E-state index < -0.39 is 5.41 Å². The van der Waals surface area contributed by atoms with Crippen LogP contribution in [-0.4, -0.2) is 0 Å². The summed E-state index contributed by atoms with van der Waals surface area (Å²) in [4.78, 5) is 0. The van der Waals surface area contributed by atoms with Crippen LogP contribution in [0.15, 0.2) is 84.9 Å². The van der Waals surface area contributed by atoms with E-state index in [1.54, 1.807) is 0 Å². The monoisotopic (exact) mass is 902 g/mol. The summed E-state index contributed by atoms with van der Waals surface area (Å²) < 4.78 is 4.26. The fraction of sp³-hybridized carbons (Fsp3) is 0.0345. The van der Waals surface area contributed by atoms with E-state index in [0.717, 1.165) is 25.7 Å². The normalized spacial score (nSPS) is 13.6. The summed E-state index contributed by atoms with van der Waals surface area (Å²) in [6, 6.07) is 31.2. The molecule has 6 rings (SSSR count). The maximum Gasteiger partial charge on any atom is 0.0715 e. The van der Waals surface area contributed by atoms with Crippen LogP contribution in [0.5, 0.6) is 0 Å². The van der Waals surface area contributed by atoms with Gasteiger partial charge in [-0.3, -0.25) is 0 Å². The lowest BCUT2D eigenvalue weighted by atomic mass is 9.67. The molecule has 4 N–H and O–H groups in total. The number of halogens is 4. The van der Waals surface area contributed by atoms with Crippen LogP contribution in [0.3, 0.4) is 0 Å². The summed E-state index contributed by atoms with van der Waals surface area (Å²) in [5, 5.41) is 2.49. The van der Waals surface area contributed by atoms with E-state index in [4.69, 9.17) is 11.5 Å². The zero-order valence-electron chi connectivity index (χ0n) is 18.2. The summed E-state index contributed by atoms with van der Waals surface area (Å²) in [5.41, 5.74) is 21.6. The summed E-state index contributed by atoms with van der Waals surface area (Å²) in [5.74, 6) is 0. The SMILES string of the molecule is Nc1c(I)cc(C2(c3cc(I)c(N)c(I)c3)c3ccccc3-c3cc4ccccc4cc32)cc1I. The first-order valence-electron chi connectivity index (χ1n) is 11.0. The van der Waals surface area contributed by atoms with Gasteiger partial charge in [0.2, 0.25) is 0 Å². The van der Waals surface area contributed by atoms with Gasteiger partial charge in [-0.05, 0) is 171 Å². The van der Waals surface area contributed by atoms with Crippen LogP contribution >= 0.6 is 90.4 Å². The Kier molecular flexibility index (Phi) is 6.24. The van der Waals surface area contributed by atoms with Crippen LogP contribution in [0.4, 0.5) is 11.4 Å². The Hall–Kier alpha value is -1.12. The van der Waals surface area contributed by atoms with Gasteiger partial charge in [0.25, 0.3) is 0 Å². The first kappa shape index (κ1) is 24.2. The van der Waals surface area contributed by atoms with E-state index >= 15 is 0 Å². The highest BCUT2D eigenvalue weighted by Gasteiger charge is 2.47. The molecule has 0 spiro atoms. The lowest BCUT2D eigenvalue weighted by Crippen LogP contribution is -2.29. The molecular weight excluding hydrogens is 884 g/mol. The molecule has 0 heterocycles. The van der Waals surface area contributed by atoms with Crippen molar-refractivity contribution < 1.29 is 0 Å². The number of anilines is 2. The lowest BCUT2D eigenvalue weighted by Gasteiger charge is -2.35. The summed E-state index contributed by atoms with van der Waals surface area (Å²) in [7, 11) is 0. The molecule has 1 aliphatic carbocycles. The molecule has 0 aromatic heterocycles. The number of rotatable bonds is 2. The van der Waals surface area contributed by atoms with Crippen LogP contribution in [0.25, 0.3) is 21.9 Å². The van der Waals surface area contributed by atoms with E-state index in [2.05, 4.69) is 175 Å². The van der Waals surface area contributed by atoms with Crippen molar-refractivity contribution in [1.82, 2.24) is 0 Å². The van der Waals surface area contributed by atoms with Gasteiger partial charge in [0.15, 0.2) is 0 Å². The second-order valence-electron chi connectivity index (χ2n) is 8.75. The van der Waals surface area contributed by atoms with E-state index in [0.29, 0.717) is 0 Å². The predicted octanol–water partition coefficient (Wildman–Crippen LogP) is 8.79. The fourth-order valence-corrected chi connectivity index (χ4v) is 8.89. The number of nitrogens with two attached hydrogens (primary N) is 2. The summed E-state index contributed by atoms with van der Waals surface area (Å²) in [6.45, 7) is 0. The van der Waals surface area contributed by atoms with Gasteiger partial charge in [0.1, 0.15) is 0 Å². The van der Waals surface area contributed by atoms with Gasteiger partial charge < -0.3 is 11.5 Å². The van der Waals surface area contributed by atoms with Crippen LogP contribution in [0.1, 0.15) is 22.3 Å². The second kappa shape index (κ2) is 9.02. The maximum absolute atomic E-state index is 6.43. The van der Waals surface area contributed by atoms with Crippen molar-refractivity contribution >= 4 is 113 Å². The smallest absolute Gasteiger partial charge is 0.0715 e. The van der Waals surface area contributed by atoms with Crippen molar-refractivity contribution in [3.05, 3.63) is 121 Å². The van der Waals surface area contributed by atoms with E-state index in [1.165, 1.54) is 44.2 Å². The Balaban J connectivity index is 1.85. The molecule has 6 heteroatoms. The maximum atomic E-state index is 6.43. The first-order valence-corrected chi connectivity index (χ1v) is 15.3. The Morgan fingerprint density at radius 1 is 0.486 bits per heavy atom. The Bertz CT molecular complexity index is 1570. The molecule has 5 aromatic rings. The van der Waals surface area contributed by atoms with Crippen molar-refractivity contribution in [1.29, 1.82) is 0 Å². The fourth-order valence-electron chi connectivity index (χ4n) is 5.35. The molecule has 5 aromatic carbocycles. The molecule has 0 saturated carbocycles. The Labute approximate surface area is 258 Å². The average Bonchev–Trinajstić information content (AvgIpc) is 3.14. The molecule has 1 aliphatic rings. The van der Waals surface area contributed by atoms with Gasteiger partial charge in [0.05, 0.1) is 16.8 Å². The number of hydrogen-bond acceptors (Lipinski definition) is 2. The third kappa shape index (κ3) is 3.63. The Morgan fingerprint density at radius 3 is 1.49 bits per heavy atom. The van der Waals surface area contributed by atoms with Gasteiger partial charge in [0, 0.05) is 14.3 Å². The van der Waals surface area contributed by atoms with E-state index in [9.17, 15) is 0 Å². The molecule has 0 fully saturated rings. The predicted molar refractivity (Wildman–Crippen MR) is 181 cm³/mol. The van der Waals surface area contributed by atoms with Crippen molar-refractivity contribution in [3.63, 3.8) is 0 Å². The highest BCUT2D eigenvalue weighted by Crippen LogP contribution is 2.57. The molecular formula is C29H18I4N2. The molecule has 0 aliphatic heterocycles. The molecule has 35 heavy (non-hydrogen) atoms. The number of fused-ring (bicyclic) bond motifs is 4. The third-order valence-electron chi connectivity index (χ3n) is 6.94. The molecule has 0 atom stereocenters. The lowest BCUT2D eigenvalue weighted by molar-refractivity contribution is 0.767. The second-order valence-corrected chi connectivity index (χ2v) is 13.4. The molecule has 0 bridgehead atoms. The zero-order chi connectivity index (χ0) is 24.5. The minimum atomic E-state index is -0.489. The minimum Gasteiger partial charge on any atom is -0.397 e. The van der Waals surface area contributed by atoms with Gasteiger partial charge in [-0.1, -0.05) is 48.5 Å². The van der Waals surface area contributed by atoms with Crippen molar-refractivity contribution in [2.24, 2.45) is 0 Å². The van der Waals surface area contributed by atoms with Gasteiger partial charge in [-0.25, -0.2) is 0 Å². The van der Waals surface area contributed by atoms with Gasteiger partial charge >= 0.3 is 0 Å². The van der Waals surface area contributed by atoms with Crippen molar-refractivity contribution in [2.45, 2.75) is 5.41 Å². The quantitative estimate of drug-likeness (QED) is 0.135. The summed E-state index contributed by atoms with van der Waals surface area (Å²) in [6.07, 6.45) is 0. The van der Waals surface area contributed by atoms with Crippen molar-refractivity contribution in [3.8, 4) is 11.1 Å². The van der Waals surface area contributed by atoms with Crippen LogP contribution in [-0.2, 0) is 5.41 Å². The van der Waals surface area contributed by atoms with Crippen molar-refractivity contribution in [2.75, 3.05) is 11.5 Å². The number of benzene rings is 5. The topological polar surface area (TPSA) is 52.0 Å². The average molecular weight is 902 g/mol. The molecule has 0 unspecified atom stereocenters. The van der Waals surface area contributed by atoms with Gasteiger partial charge in [-0.15, -0.1) is 0 Å². The highest BCUT2D eigenvalue weighted by atomic mass is 127. The summed E-state index contributed by atoms with van der Waals surface area (Å²) >= 11 is 9.47. The molecule has 2 nitrogen and oxygen atoms in total. The number of hydrogen-bond donors (Lipinski definition) is 2. The van der Waals surface area contributed by atoms with E-state index in [-0.39, 0.29) is 0 Å². The van der Waals surface area contributed by atoms with Crippen LogP contribution < -0.4 is 11.5 Å². The van der Waals surface area contributed by atoms with Crippen LogP contribution in [0.2, 0.25) is 0 Å². The Morgan fingerprint density at radius 2 is 0.943 bits per heavy atom. The molecule has 0 radical (unpaired) electrons. The highest BCUT2D eigenvalue weighted by molar-refractivity contribution is 14.1. The largest absolute Gasteiger partial charge is 0.397 e. The third-order valence-corrected chi connectivity index (χ3v) is 10.5. The molecule has 0 saturated heterocycles. The van der Waals surface area contributed by atoms with Gasteiger partial charge in [-0.2, -0.15) is 0 Å². The standard InChI is InChI=1S/C29H18I4N2/c30-23-11-17(12-24(31)27(23)34)29(18-13-25(32)28(35)26(33)14-18)21-8-4-3-7-19(21)20-9-15-5-1-2-6-16(15)10-22(20)29/h1-14H,34-35H2. The number of nitrogen functional groups attached to an aromatic ring is 2. The van der Waals surface area contributed by atoms with Crippen LogP contribution in [0, 0.1) is 14.3 Å². The minimum absolute atomic E-state index is 0.489. The van der Waals surface area contributed by atoms with E-state index in [1.807, 2.05) is 0 Å². The first-order chi connectivity index (χ1) is 16.8.